The predicted molar refractivity (Wildman–Crippen MR) is 136 cm³/mol. The number of aryl methyl sites for hydroxylation is 1. The lowest BCUT2D eigenvalue weighted by Gasteiger charge is -2.45. The maximum atomic E-state index is 13.7. The van der Waals surface area contributed by atoms with E-state index in [2.05, 4.69) is 5.32 Å². The fraction of sp³-hybridized carbons (Fsp3) is 0.267. The summed E-state index contributed by atoms with van der Waals surface area (Å²) in [6.45, 7) is 2.88. The summed E-state index contributed by atoms with van der Waals surface area (Å²) >= 11 is 0. The highest BCUT2D eigenvalue weighted by molar-refractivity contribution is 6.10. The summed E-state index contributed by atoms with van der Waals surface area (Å²) in [6.07, 6.45) is 0. The molecule has 0 radical (unpaired) electrons. The average molecular weight is 495 g/mol. The summed E-state index contributed by atoms with van der Waals surface area (Å²) in [5.74, 6) is -3.63. The number of likely N-dealkylation sites (tertiary alicyclic amines) is 1. The highest BCUT2D eigenvalue weighted by Gasteiger charge is 2.62. The molecule has 186 valence electrons. The molecule has 1 saturated heterocycles. The van der Waals surface area contributed by atoms with Crippen molar-refractivity contribution in [3.8, 4) is 0 Å². The zero-order valence-electron chi connectivity index (χ0n) is 20.5. The van der Waals surface area contributed by atoms with Crippen molar-refractivity contribution in [1.82, 2.24) is 4.90 Å². The third kappa shape index (κ3) is 3.56. The first-order valence-corrected chi connectivity index (χ1v) is 12.4. The number of carbonyl (C=O) groups is 4. The summed E-state index contributed by atoms with van der Waals surface area (Å²) in [4.78, 5) is 53.8. The predicted octanol–water partition coefficient (Wildman–Crippen LogP) is 3.76. The van der Waals surface area contributed by atoms with E-state index in [4.69, 9.17) is 4.74 Å². The highest BCUT2D eigenvalue weighted by atomic mass is 16.5. The molecule has 3 aliphatic carbocycles. The van der Waals surface area contributed by atoms with Crippen LogP contribution in [0.5, 0.6) is 0 Å². The number of imide groups is 1. The molecule has 4 aliphatic rings. The number of ether oxygens (including phenoxy) is 1. The smallest absolute Gasteiger partial charge is 0.329 e. The highest BCUT2D eigenvalue weighted by Crippen LogP contribution is 2.61. The molecule has 1 N–H and O–H groups in total. The summed E-state index contributed by atoms with van der Waals surface area (Å²) in [5, 5.41) is 2.68. The maximum absolute atomic E-state index is 13.7. The van der Waals surface area contributed by atoms with Crippen LogP contribution in [0.4, 0.5) is 5.69 Å². The molecule has 0 aromatic heterocycles. The molecule has 1 fully saturated rings. The van der Waals surface area contributed by atoms with Crippen LogP contribution in [0.3, 0.4) is 0 Å². The van der Waals surface area contributed by atoms with E-state index in [1.165, 1.54) is 6.92 Å². The molecule has 0 unspecified atom stereocenters. The van der Waals surface area contributed by atoms with Crippen LogP contribution in [-0.4, -0.2) is 41.2 Å². The Kier molecular flexibility index (Phi) is 5.44. The van der Waals surface area contributed by atoms with Crippen LogP contribution in [0.2, 0.25) is 0 Å². The molecule has 0 saturated carbocycles. The first kappa shape index (κ1) is 23.2. The van der Waals surface area contributed by atoms with Gasteiger partial charge in [-0.2, -0.15) is 0 Å². The Bertz CT molecular complexity index is 1350. The van der Waals surface area contributed by atoms with Crippen molar-refractivity contribution in [2.24, 2.45) is 11.8 Å². The molecule has 1 aliphatic heterocycles. The van der Waals surface area contributed by atoms with Gasteiger partial charge in [-0.15, -0.1) is 0 Å². The topological polar surface area (TPSA) is 92.8 Å². The number of anilines is 1. The Morgan fingerprint density at radius 2 is 1.35 bits per heavy atom. The molecular formula is C30H26N2O5. The fourth-order valence-corrected chi connectivity index (χ4v) is 6.36. The molecular weight excluding hydrogens is 468 g/mol. The molecule has 37 heavy (non-hydrogen) atoms. The van der Waals surface area contributed by atoms with Crippen molar-refractivity contribution in [1.29, 1.82) is 0 Å². The minimum Gasteiger partial charge on any atom is -0.454 e. The van der Waals surface area contributed by atoms with Gasteiger partial charge in [0.15, 0.2) is 6.61 Å². The second kappa shape index (κ2) is 8.69. The second-order valence-electron chi connectivity index (χ2n) is 10.0. The number of nitrogens with one attached hydrogen (secondary N) is 1. The number of amides is 3. The van der Waals surface area contributed by atoms with Gasteiger partial charge in [0, 0.05) is 17.5 Å². The Morgan fingerprint density at radius 1 is 0.838 bits per heavy atom. The number of carbonyl (C=O) groups excluding carboxylic acids is 4. The Balaban J connectivity index is 1.22. The molecule has 3 aromatic carbocycles. The first-order chi connectivity index (χ1) is 17.9. The normalized spacial score (nSPS) is 23.7. The zero-order chi connectivity index (χ0) is 25.8. The van der Waals surface area contributed by atoms with E-state index in [1.54, 1.807) is 12.1 Å². The van der Waals surface area contributed by atoms with E-state index in [0.717, 1.165) is 32.7 Å². The first-order valence-electron chi connectivity index (χ1n) is 12.4. The van der Waals surface area contributed by atoms with E-state index >= 15 is 0 Å². The fourth-order valence-electron chi connectivity index (χ4n) is 6.36. The molecule has 1 heterocycles. The van der Waals surface area contributed by atoms with Crippen LogP contribution < -0.4 is 5.32 Å². The van der Waals surface area contributed by atoms with Crippen LogP contribution in [0.25, 0.3) is 0 Å². The van der Waals surface area contributed by atoms with Gasteiger partial charge in [-0.3, -0.25) is 19.3 Å². The van der Waals surface area contributed by atoms with E-state index in [0.29, 0.717) is 5.69 Å². The summed E-state index contributed by atoms with van der Waals surface area (Å²) in [7, 11) is 0. The Labute approximate surface area is 214 Å². The van der Waals surface area contributed by atoms with Gasteiger partial charge in [0.2, 0.25) is 11.8 Å². The molecule has 7 heteroatoms. The van der Waals surface area contributed by atoms with E-state index in [1.807, 2.05) is 67.6 Å². The van der Waals surface area contributed by atoms with Crippen molar-refractivity contribution in [3.63, 3.8) is 0 Å². The third-order valence-electron chi connectivity index (χ3n) is 7.86. The van der Waals surface area contributed by atoms with Crippen LogP contribution >= 0.6 is 0 Å². The zero-order valence-corrected chi connectivity index (χ0v) is 20.5. The minimum atomic E-state index is -1.14. The van der Waals surface area contributed by atoms with Crippen molar-refractivity contribution >= 4 is 29.4 Å². The number of esters is 1. The van der Waals surface area contributed by atoms with Crippen LogP contribution in [0, 0.1) is 18.8 Å². The SMILES string of the molecule is Cc1cccc(NC(=O)COC(=O)[C@H](C)N2C(=O)[C@@H]3C4c5ccccc5C(c5ccccc54)[C@H]3C2=O)c1. The maximum Gasteiger partial charge on any atom is 0.329 e. The van der Waals surface area contributed by atoms with Crippen LogP contribution in [0.15, 0.2) is 72.8 Å². The van der Waals surface area contributed by atoms with Crippen molar-refractivity contribution in [2.45, 2.75) is 31.7 Å². The molecule has 7 nitrogen and oxygen atoms in total. The molecule has 7 rings (SSSR count). The lowest BCUT2D eigenvalue weighted by atomic mass is 9.55. The standard InChI is InChI=1S/C30H26N2O5/c1-16-8-7-9-18(14-16)31-23(33)15-37-30(36)17(2)32-28(34)26-24-19-10-3-4-11-20(19)25(27(26)29(32)35)22-13-6-5-12-21(22)24/h3-14,17,24-27H,15H2,1-2H3,(H,31,33)/t17-,24?,25?,26+,27+/m0/s1. The van der Waals surface area contributed by atoms with E-state index in [-0.39, 0.29) is 23.7 Å². The van der Waals surface area contributed by atoms with Gasteiger partial charge in [0.25, 0.3) is 5.91 Å². The molecule has 2 bridgehead atoms. The largest absolute Gasteiger partial charge is 0.454 e. The van der Waals surface area contributed by atoms with Crippen molar-refractivity contribution < 1.29 is 23.9 Å². The van der Waals surface area contributed by atoms with E-state index in [9.17, 15) is 19.2 Å². The lowest BCUT2D eigenvalue weighted by Crippen LogP contribution is -2.45. The van der Waals surface area contributed by atoms with Gasteiger partial charge in [-0.1, -0.05) is 60.7 Å². The lowest BCUT2D eigenvalue weighted by molar-refractivity contribution is -0.159. The summed E-state index contributed by atoms with van der Waals surface area (Å²) < 4.78 is 5.23. The molecule has 3 aromatic rings. The van der Waals surface area contributed by atoms with Crippen molar-refractivity contribution in [2.75, 3.05) is 11.9 Å². The number of hydrogen-bond acceptors (Lipinski definition) is 5. The Morgan fingerprint density at radius 3 is 1.84 bits per heavy atom. The second-order valence-corrected chi connectivity index (χ2v) is 10.0. The number of hydrogen-bond donors (Lipinski definition) is 1. The number of nitrogens with zero attached hydrogens (tertiary/aromatic N) is 1. The summed E-state index contributed by atoms with van der Waals surface area (Å²) in [6, 6.07) is 22.1. The van der Waals surface area contributed by atoms with Crippen LogP contribution in [0.1, 0.15) is 46.6 Å². The average Bonchev–Trinajstić information content (AvgIpc) is 3.17. The third-order valence-corrected chi connectivity index (χ3v) is 7.86. The van der Waals surface area contributed by atoms with Gasteiger partial charge in [0.1, 0.15) is 6.04 Å². The van der Waals surface area contributed by atoms with Gasteiger partial charge in [-0.05, 0) is 53.8 Å². The van der Waals surface area contributed by atoms with Crippen molar-refractivity contribution in [3.05, 3.63) is 101 Å². The quantitative estimate of drug-likeness (QED) is 0.431. The molecule has 0 spiro atoms. The number of rotatable bonds is 5. The van der Waals surface area contributed by atoms with Gasteiger partial charge < -0.3 is 10.1 Å². The van der Waals surface area contributed by atoms with Gasteiger partial charge in [0.05, 0.1) is 11.8 Å². The van der Waals surface area contributed by atoms with Gasteiger partial charge >= 0.3 is 5.97 Å². The van der Waals surface area contributed by atoms with E-state index < -0.39 is 36.4 Å². The summed E-state index contributed by atoms with van der Waals surface area (Å²) in [5.41, 5.74) is 5.85. The monoisotopic (exact) mass is 494 g/mol. The number of benzene rings is 3. The molecule has 3 atom stereocenters. The Hall–Kier alpha value is -4.26. The minimum absolute atomic E-state index is 0.243. The molecule has 3 amide bonds. The van der Waals surface area contributed by atoms with Gasteiger partial charge in [-0.25, -0.2) is 4.79 Å². The van der Waals surface area contributed by atoms with Crippen LogP contribution in [-0.2, 0) is 23.9 Å².